The number of hydrogen-bond donors (Lipinski definition) is 1. The summed E-state index contributed by atoms with van der Waals surface area (Å²) in [6.45, 7) is 3.52. The van der Waals surface area contributed by atoms with Crippen molar-refractivity contribution in [1.82, 2.24) is 0 Å². The Morgan fingerprint density at radius 2 is 1.76 bits per heavy atom. The summed E-state index contributed by atoms with van der Waals surface area (Å²) < 4.78 is 61.5. The number of carbonyl (C=O) groups is 1. The zero-order valence-corrected chi connectivity index (χ0v) is 19.3. The molecule has 0 aromatic heterocycles. The van der Waals surface area contributed by atoms with Gasteiger partial charge >= 0.3 is 12.1 Å². The molecule has 184 valence electrons. The predicted octanol–water partition coefficient (Wildman–Crippen LogP) is 7.01. The number of esters is 1. The van der Waals surface area contributed by atoms with Gasteiger partial charge in [0.15, 0.2) is 0 Å². The van der Waals surface area contributed by atoms with Crippen LogP contribution < -0.4 is 4.74 Å². The monoisotopic (exact) mass is 480 g/mol. The van der Waals surface area contributed by atoms with Crippen LogP contribution in [0.5, 0.6) is 11.5 Å². The third-order valence-electron chi connectivity index (χ3n) is 4.98. The Bertz CT molecular complexity index is 1030. The molecule has 0 spiro atoms. The maximum absolute atomic E-state index is 12.8. The number of hydrogen-bond acceptors (Lipinski definition) is 4. The zero-order valence-electron chi connectivity index (χ0n) is 19.3. The molecule has 0 fully saturated rings. The molecule has 2 aromatic rings. The molecule has 0 saturated carbocycles. The standard InChI is InChI=1S/C26H28F4O4/c1-17(2)6-13-21-22(34-15-5-4-14-27)16-19(23(24(21)31)25(32)33-3)10-7-18-8-11-20(12-9-18)26(28,29)30/h6-12,16,31H,4-5,13-15H2,1-3H3. The van der Waals surface area contributed by atoms with Gasteiger partial charge in [-0.3, -0.25) is 4.39 Å². The fraction of sp³-hybridized carbons (Fsp3) is 0.346. The number of rotatable bonds is 10. The van der Waals surface area contributed by atoms with Gasteiger partial charge in [-0.25, -0.2) is 4.79 Å². The van der Waals surface area contributed by atoms with Crippen molar-refractivity contribution >= 4 is 18.1 Å². The van der Waals surface area contributed by atoms with Crippen LogP contribution in [0.1, 0.15) is 59.3 Å². The molecule has 0 saturated heterocycles. The average Bonchev–Trinajstić information content (AvgIpc) is 2.79. The van der Waals surface area contributed by atoms with Crippen molar-refractivity contribution in [3.05, 3.63) is 69.8 Å². The van der Waals surface area contributed by atoms with Crippen molar-refractivity contribution in [1.29, 1.82) is 0 Å². The van der Waals surface area contributed by atoms with Gasteiger partial charge in [0.25, 0.3) is 0 Å². The van der Waals surface area contributed by atoms with Crippen LogP contribution in [0.15, 0.2) is 42.0 Å². The summed E-state index contributed by atoms with van der Waals surface area (Å²) in [6.07, 6.45) is 1.52. The second-order valence-corrected chi connectivity index (χ2v) is 7.84. The molecule has 2 rings (SSSR count). The van der Waals surface area contributed by atoms with E-state index in [1.807, 2.05) is 19.9 Å². The summed E-state index contributed by atoms with van der Waals surface area (Å²) in [6, 6.07) is 6.08. The van der Waals surface area contributed by atoms with Crippen LogP contribution in [-0.4, -0.2) is 31.5 Å². The summed E-state index contributed by atoms with van der Waals surface area (Å²) in [5, 5.41) is 11.0. The number of alkyl halides is 4. The molecule has 34 heavy (non-hydrogen) atoms. The number of carbonyl (C=O) groups excluding carboxylic acids is 1. The second-order valence-electron chi connectivity index (χ2n) is 7.84. The van der Waals surface area contributed by atoms with Gasteiger partial charge in [0, 0.05) is 5.56 Å². The van der Waals surface area contributed by atoms with Crippen molar-refractivity contribution in [2.45, 2.75) is 39.3 Å². The molecule has 0 aliphatic rings. The lowest BCUT2D eigenvalue weighted by Crippen LogP contribution is -2.09. The lowest BCUT2D eigenvalue weighted by Gasteiger charge is -2.17. The van der Waals surface area contributed by atoms with Crippen molar-refractivity contribution < 1.29 is 36.9 Å². The molecule has 0 aliphatic carbocycles. The Balaban J connectivity index is 2.52. The first kappa shape index (κ1) is 27.0. The SMILES string of the molecule is COC(=O)c1c(C=Cc2ccc(C(F)(F)F)cc2)cc(OCCCCF)c(CC=C(C)C)c1O. The molecule has 0 aliphatic heterocycles. The molecule has 0 atom stereocenters. The van der Waals surface area contributed by atoms with E-state index >= 15 is 0 Å². The molecule has 0 bridgehead atoms. The second kappa shape index (κ2) is 12.3. The number of allylic oxidation sites excluding steroid dienone is 2. The Kier molecular flexibility index (Phi) is 9.71. The van der Waals surface area contributed by atoms with E-state index in [4.69, 9.17) is 9.47 Å². The summed E-state index contributed by atoms with van der Waals surface area (Å²) in [5.41, 5.74) is 1.25. The highest BCUT2D eigenvalue weighted by atomic mass is 19.4. The summed E-state index contributed by atoms with van der Waals surface area (Å²) in [4.78, 5) is 12.5. The minimum absolute atomic E-state index is 0.0843. The zero-order chi connectivity index (χ0) is 25.3. The molecular formula is C26H28F4O4. The first-order valence-corrected chi connectivity index (χ1v) is 10.7. The van der Waals surface area contributed by atoms with Crippen LogP contribution in [0.4, 0.5) is 17.6 Å². The molecule has 0 amide bonds. The first-order chi connectivity index (χ1) is 16.1. The highest BCUT2D eigenvalue weighted by molar-refractivity contribution is 5.98. The van der Waals surface area contributed by atoms with Gasteiger partial charge in [0.2, 0.25) is 0 Å². The summed E-state index contributed by atoms with van der Waals surface area (Å²) in [5.74, 6) is -0.750. The minimum atomic E-state index is -4.44. The van der Waals surface area contributed by atoms with E-state index in [-0.39, 0.29) is 23.5 Å². The Morgan fingerprint density at radius 3 is 2.32 bits per heavy atom. The lowest BCUT2D eigenvalue weighted by molar-refractivity contribution is -0.137. The van der Waals surface area contributed by atoms with E-state index in [0.717, 1.165) is 17.7 Å². The normalized spacial score (nSPS) is 11.5. The third kappa shape index (κ3) is 7.37. The smallest absolute Gasteiger partial charge is 0.416 e. The van der Waals surface area contributed by atoms with Gasteiger partial charge in [-0.05, 0) is 62.4 Å². The van der Waals surface area contributed by atoms with Gasteiger partial charge < -0.3 is 14.6 Å². The maximum atomic E-state index is 12.8. The van der Waals surface area contributed by atoms with E-state index in [2.05, 4.69) is 0 Å². The topological polar surface area (TPSA) is 55.8 Å². The van der Waals surface area contributed by atoms with E-state index in [9.17, 15) is 27.5 Å². The minimum Gasteiger partial charge on any atom is -0.507 e. The summed E-state index contributed by atoms with van der Waals surface area (Å²) >= 11 is 0. The first-order valence-electron chi connectivity index (χ1n) is 10.7. The molecule has 2 aromatic carbocycles. The number of unbranched alkanes of at least 4 members (excludes halogenated alkanes) is 1. The molecule has 0 unspecified atom stereocenters. The third-order valence-corrected chi connectivity index (χ3v) is 4.98. The van der Waals surface area contributed by atoms with Crippen LogP contribution >= 0.6 is 0 Å². The number of methoxy groups -OCH3 is 1. The molecular weight excluding hydrogens is 452 g/mol. The maximum Gasteiger partial charge on any atom is 0.416 e. The number of phenols is 1. The molecule has 0 radical (unpaired) electrons. The van der Waals surface area contributed by atoms with Crippen LogP contribution in [0, 0.1) is 0 Å². The van der Waals surface area contributed by atoms with Gasteiger partial charge in [-0.1, -0.05) is 35.9 Å². The van der Waals surface area contributed by atoms with Crippen molar-refractivity contribution in [3.8, 4) is 11.5 Å². The van der Waals surface area contributed by atoms with Crippen molar-refractivity contribution in [2.24, 2.45) is 0 Å². The van der Waals surface area contributed by atoms with Crippen LogP contribution in [0.2, 0.25) is 0 Å². The van der Waals surface area contributed by atoms with E-state index in [1.54, 1.807) is 6.07 Å². The number of phenolic OH excluding ortho intramolecular Hbond substituents is 1. The average molecular weight is 480 g/mol. The van der Waals surface area contributed by atoms with Gasteiger partial charge in [0.1, 0.15) is 17.1 Å². The highest BCUT2D eigenvalue weighted by Gasteiger charge is 2.29. The molecule has 8 heteroatoms. The van der Waals surface area contributed by atoms with Crippen LogP contribution in [0.3, 0.4) is 0 Å². The van der Waals surface area contributed by atoms with Gasteiger partial charge in [-0.15, -0.1) is 0 Å². The lowest BCUT2D eigenvalue weighted by atomic mass is 9.97. The number of halogens is 4. The van der Waals surface area contributed by atoms with Crippen molar-refractivity contribution in [2.75, 3.05) is 20.4 Å². The quantitative estimate of drug-likeness (QED) is 0.131. The van der Waals surface area contributed by atoms with E-state index in [0.29, 0.717) is 36.1 Å². The Labute approximate surface area is 196 Å². The predicted molar refractivity (Wildman–Crippen MR) is 124 cm³/mol. The fourth-order valence-electron chi connectivity index (χ4n) is 3.13. The summed E-state index contributed by atoms with van der Waals surface area (Å²) in [7, 11) is 1.18. The van der Waals surface area contributed by atoms with Crippen LogP contribution in [0.25, 0.3) is 12.2 Å². The van der Waals surface area contributed by atoms with Gasteiger partial charge in [0.05, 0.1) is 26.0 Å². The fourth-order valence-corrected chi connectivity index (χ4v) is 3.13. The van der Waals surface area contributed by atoms with E-state index < -0.39 is 24.4 Å². The largest absolute Gasteiger partial charge is 0.507 e. The number of ether oxygens (including phenoxy) is 2. The number of aromatic hydroxyl groups is 1. The van der Waals surface area contributed by atoms with Gasteiger partial charge in [-0.2, -0.15) is 13.2 Å². The van der Waals surface area contributed by atoms with E-state index in [1.165, 1.54) is 31.4 Å². The van der Waals surface area contributed by atoms with Crippen molar-refractivity contribution in [3.63, 3.8) is 0 Å². The number of benzene rings is 2. The van der Waals surface area contributed by atoms with Crippen LogP contribution in [-0.2, 0) is 17.3 Å². The Morgan fingerprint density at radius 1 is 1.09 bits per heavy atom. The molecule has 0 heterocycles. The molecule has 4 nitrogen and oxygen atoms in total. The highest BCUT2D eigenvalue weighted by Crippen LogP contribution is 2.37. The Hall–Kier alpha value is -3.29. The molecule has 1 N–H and O–H groups in total.